The van der Waals surface area contributed by atoms with Crippen LogP contribution in [-0.4, -0.2) is 18.1 Å². The first-order valence-corrected chi connectivity index (χ1v) is 6.93. The maximum atomic E-state index is 14.1. The van der Waals surface area contributed by atoms with E-state index in [1.807, 2.05) is 13.0 Å². The number of hydrogen-bond donors (Lipinski definition) is 1. The molecule has 0 radical (unpaired) electrons. The molecule has 21 heavy (non-hydrogen) atoms. The Kier molecular flexibility index (Phi) is 3.59. The molecular formula is C16H16F2N2O. The maximum absolute atomic E-state index is 14.1. The molecule has 2 aromatic rings. The summed E-state index contributed by atoms with van der Waals surface area (Å²) in [4.78, 5) is 4.43. The van der Waals surface area contributed by atoms with E-state index in [0.717, 1.165) is 17.3 Å². The number of rotatable bonds is 3. The van der Waals surface area contributed by atoms with E-state index in [1.165, 1.54) is 12.1 Å². The van der Waals surface area contributed by atoms with Crippen molar-refractivity contribution in [2.75, 3.05) is 13.2 Å². The number of hydrogen-bond acceptors (Lipinski definition) is 3. The van der Waals surface area contributed by atoms with Gasteiger partial charge in [0.25, 0.3) is 0 Å². The van der Waals surface area contributed by atoms with E-state index in [9.17, 15) is 8.78 Å². The molecule has 0 amide bonds. The zero-order chi connectivity index (χ0) is 15.0. The van der Waals surface area contributed by atoms with Crippen molar-refractivity contribution in [3.8, 4) is 17.0 Å². The molecule has 1 aromatic carbocycles. The van der Waals surface area contributed by atoms with Crippen LogP contribution in [0.4, 0.5) is 8.78 Å². The van der Waals surface area contributed by atoms with Gasteiger partial charge < -0.3 is 10.5 Å². The van der Waals surface area contributed by atoms with Gasteiger partial charge in [-0.05, 0) is 24.7 Å². The predicted octanol–water partition coefficient (Wildman–Crippen LogP) is 3.02. The van der Waals surface area contributed by atoms with Gasteiger partial charge in [0.15, 0.2) is 11.6 Å². The standard InChI is InChI=1S/C16H16F2N2O/c1-9-8-21-16-12(9)7-10(5-6-19)20-15(16)11-3-2-4-13(17)14(11)18/h2-4,7,9H,5-6,8,19H2,1H3. The smallest absolute Gasteiger partial charge is 0.168 e. The zero-order valence-corrected chi connectivity index (χ0v) is 11.7. The van der Waals surface area contributed by atoms with Gasteiger partial charge in [0.1, 0.15) is 11.4 Å². The SMILES string of the molecule is CC1COc2c1cc(CCN)nc2-c1cccc(F)c1F. The van der Waals surface area contributed by atoms with E-state index in [1.54, 1.807) is 0 Å². The van der Waals surface area contributed by atoms with Crippen LogP contribution in [0.1, 0.15) is 24.1 Å². The highest BCUT2D eigenvalue weighted by atomic mass is 19.2. The molecule has 1 atom stereocenters. The second-order valence-electron chi connectivity index (χ2n) is 5.23. The summed E-state index contributed by atoms with van der Waals surface area (Å²) in [6.07, 6.45) is 0.587. The Hall–Kier alpha value is -2.01. The van der Waals surface area contributed by atoms with Crippen molar-refractivity contribution in [1.82, 2.24) is 4.98 Å². The highest BCUT2D eigenvalue weighted by Gasteiger charge is 2.27. The van der Waals surface area contributed by atoms with Crippen molar-refractivity contribution in [3.63, 3.8) is 0 Å². The molecule has 5 heteroatoms. The monoisotopic (exact) mass is 290 g/mol. The third kappa shape index (κ3) is 2.38. The summed E-state index contributed by atoms with van der Waals surface area (Å²) in [6, 6.07) is 6.02. The van der Waals surface area contributed by atoms with Crippen LogP contribution in [0.25, 0.3) is 11.3 Å². The van der Waals surface area contributed by atoms with Crippen LogP contribution in [0.15, 0.2) is 24.3 Å². The third-order valence-electron chi connectivity index (χ3n) is 3.67. The van der Waals surface area contributed by atoms with E-state index >= 15 is 0 Å². The summed E-state index contributed by atoms with van der Waals surface area (Å²) in [5, 5.41) is 0. The van der Waals surface area contributed by atoms with Crippen molar-refractivity contribution in [3.05, 3.63) is 47.2 Å². The number of ether oxygens (including phenoxy) is 1. The van der Waals surface area contributed by atoms with Crippen LogP contribution in [0.5, 0.6) is 5.75 Å². The Balaban J connectivity index is 2.22. The van der Waals surface area contributed by atoms with Gasteiger partial charge in [-0.15, -0.1) is 0 Å². The van der Waals surface area contributed by atoms with Gasteiger partial charge in [0.05, 0.1) is 6.61 Å². The summed E-state index contributed by atoms with van der Waals surface area (Å²) >= 11 is 0. The van der Waals surface area contributed by atoms with Crippen LogP contribution >= 0.6 is 0 Å². The summed E-state index contributed by atoms with van der Waals surface area (Å²) in [6.45, 7) is 3.00. The number of fused-ring (bicyclic) bond motifs is 1. The minimum atomic E-state index is -0.903. The summed E-state index contributed by atoms with van der Waals surface area (Å²) in [7, 11) is 0. The van der Waals surface area contributed by atoms with Crippen molar-refractivity contribution in [1.29, 1.82) is 0 Å². The van der Waals surface area contributed by atoms with E-state index in [2.05, 4.69) is 4.98 Å². The molecule has 0 aliphatic carbocycles. The van der Waals surface area contributed by atoms with Crippen LogP contribution in [-0.2, 0) is 6.42 Å². The molecule has 1 aliphatic rings. The number of aromatic nitrogens is 1. The van der Waals surface area contributed by atoms with Crippen molar-refractivity contribution in [2.45, 2.75) is 19.3 Å². The molecule has 0 fully saturated rings. The molecule has 110 valence electrons. The largest absolute Gasteiger partial charge is 0.490 e. The lowest BCUT2D eigenvalue weighted by Crippen LogP contribution is -2.06. The van der Waals surface area contributed by atoms with Crippen molar-refractivity contribution in [2.24, 2.45) is 5.73 Å². The number of pyridine rings is 1. The average Bonchev–Trinajstić information content (AvgIpc) is 2.84. The third-order valence-corrected chi connectivity index (χ3v) is 3.67. The molecule has 1 aromatic heterocycles. The molecule has 3 rings (SSSR count). The van der Waals surface area contributed by atoms with E-state index < -0.39 is 11.6 Å². The number of halogens is 2. The molecule has 0 saturated carbocycles. The quantitative estimate of drug-likeness (QED) is 0.945. The maximum Gasteiger partial charge on any atom is 0.168 e. The minimum Gasteiger partial charge on any atom is -0.490 e. The van der Waals surface area contributed by atoms with Gasteiger partial charge in [-0.3, -0.25) is 0 Å². The van der Waals surface area contributed by atoms with Gasteiger partial charge in [-0.25, -0.2) is 13.8 Å². The Bertz CT molecular complexity index is 688. The molecule has 1 aliphatic heterocycles. The summed E-state index contributed by atoms with van der Waals surface area (Å²) < 4.78 is 33.2. The number of nitrogens with two attached hydrogens (primary N) is 1. The predicted molar refractivity (Wildman–Crippen MR) is 76.3 cm³/mol. The van der Waals surface area contributed by atoms with E-state index in [0.29, 0.717) is 31.0 Å². The Morgan fingerprint density at radius 3 is 2.95 bits per heavy atom. The average molecular weight is 290 g/mol. The van der Waals surface area contributed by atoms with Gasteiger partial charge in [-0.1, -0.05) is 13.0 Å². The Morgan fingerprint density at radius 2 is 2.19 bits per heavy atom. The first kappa shape index (κ1) is 13.9. The second-order valence-corrected chi connectivity index (χ2v) is 5.23. The molecule has 1 unspecified atom stereocenters. The molecule has 0 saturated heterocycles. The fraction of sp³-hybridized carbons (Fsp3) is 0.312. The van der Waals surface area contributed by atoms with Crippen LogP contribution in [0.3, 0.4) is 0 Å². The molecular weight excluding hydrogens is 274 g/mol. The summed E-state index contributed by atoms with van der Waals surface area (Å²) in [5.41, 5.74) is 7.81. The molecule has 3 nitrogen and oxygen atoms in total. The molecule has 2 N–H and O–H groups in total. The lowest BCUT2D eigenvalue weighted by atomic mass is 9.99. The fourth-order valence-electron chi connectivity index (χ4n) is 2.57. The minimum absolute atomic E-state index is 0.124. The number of benzene rings is 1. The van der Waals surface area contributed by atoms with Gasteiger partial charge >= 0.3 is 0 Å². The highest BCUT2D eigenvalue weighted by Crippen LogP contribution is 2.41. The fourth-order valence-corrected chi connectivity index (χ4v) is 2.57. The lowest BCUT2D eigenvalue weighted by molar-refractivity contribution is 0.337. The Labute approximate surface area is 121 Å². The highest BCUT2D eigenvalue weighted by molar-refractivity contribution is 5.70. The van der Waals surface area contributed by atoms with E-state index in [4.69, 9.17) is 10.5 Å². The van der Waals surface area contributed by atoms with Gasteiger partial charge in [0.2, 0.25) is 0 Å². The first-order chi connectivity index (χ1) is 10.1. The molecule has 0 spiro atoms. The first-order valence-electron chi connectivity index (χ1n) is 6.93. The van der Waals surface area contributed by atoms with Gasteiger partial charge in [-0.2, -0.15) is 0 Å². The van der Waals surface area contributed by atoms with Crippen LogP contribution < -0.4 is 10.5 Å². The Morgan fingerprint density at radius 1 is 1.38 bits per heavy atom. The molecule has 2 heterocycles. The van der Waals surface area contributed by atoms with E-state index in [-0.39, 0.29) is 11.5 Å². The normalized spacial score (nSPS) is 16.7. The van der Waals surface area contributed by atoms with Crippen LogP contribution in [0.2, 0.25) is 0 Å². The summed E-state index contributed by atoms with van der Waals surface area (Å²) in [5.74, 6) is -1.04. The zero-order valence-electron chi connectivity index (χ0n) is 11.7. The van der Waals surface area contributed by atoms with Crippen molar-refractivity contribution < 1.29 is 13.5 Å². The molecule has 0 bridgehead atoms. The van der Waals surface area contributed by atoms with Gasteiger partial charge in [0, 0.05) is 29.2 Å². The van der Waals surface area contributed by atoms with Crippen molar-refractivity contribution >= 4 is 0 Å². The second kappa shape index (κ2) is 5.41. The topological polar surface area (TPSA) is 48.1 Å². The van der Waals surface area contributed by atoms with Crippen LogP contribution in [0, 0.1) is 11.6 Å². The number of nitrogens with zero attached hydrogens (tertiary/aromatic N) is 1. The lowest BCUT2D eigenvalue weighted by Gasteiger charge is -2.11.